The number of carbonyl (C=O) groups is 1. The molecule has 0 bridgehead atoms. The van der Waals surface area contributed by atoms with E-state index in [1.807, 2.05) is 0 Å². The first-order chi connectivity index (χ1) is 45.6. The van der Waals surface area contributed by atoms with Crippen LogP contribution in [-0.4, -0.2) is 140 Å². The molecule has 2 saturated heterocycles. The molecule has 0 spiro atoms. The number of hydrogen-bond donors (Lipinski definition) is 9. The number of carbonyl (C=O) groups excluding carboxylic acids is 1. The quantitative estimate of drug-likeness (QED) is 0.0204. The minimum atomic E-state index is -1.79. The third kappa shape index (κ3) is 46.4. The van der Waals surface area contributed by atoms with E-state index >= 15 is 0 Å². The summed E-state index contributed by atoms with van der Waals surface area (Å²) in [6.07, 6.45) is 69.2. The maximum Gasteiger partial charge on any atom is 0.220 e. The number of aliphatic hydroxyl groups is 8. The second-order valence-corrected chi connectivity index (χ2v) is 27.1. The molecule has 93 heavy (non-hydrogen) atoms. The molecule has 0 aliphatic carbocycles. The van der Waals surface area contributed by atoms with E-state index in [9.17, 15) is 45.6 Å². The normalized spacial score (nSPS) is 22.9. The van der Waals surface area contributed by atoms with E-state index in [4.69, 9.17) is 18.9 Å². The first kappa shape index (κ1) is 86.5. The Hall–Kier alpha value is -2.57. The Morgan fingerprint density at radius 3 is 1.14 bits per heavy atom. The van der Waals surface area contributed by atoms with E-state index in [2.05, 4.69) is 92.1 Å². The van der Waals surface area contributed by atoms with Crippen molar-refractivity contribution in [2.75, 3.05) is 19.8 Å². The predicted molar refractivity (Wildman–Crippen MR) is 383 cm³/mol. The van der Waals surface area contributed by atoms with E-state index in [-0.39, 0.29) is 12.5 Å². The smallest absolute Gasteiger partial charge is 0.220 e. The van der Waals surface area contributed by atoms with Gasteiger partial charge in [-0.05, 0) is 64.2 Å². The summed E-state index contributed by atoms with van der Waals surface area (Å²) in [6.45, 7) is 2.79. The fourth-order valence-corrected chi connectivity index (χ4v) is 12.6. The van der Waals surface area contributed by atoms with E-state index < -0.39 is 86.8 Å². The van der Waals surface area contributed by atoms with E-state index in [0.717, 1.165) is 96.3 Å². The SMILES string of the molecule is CC/C=C\C/C=C\C/C=C\C/C=C\C/C=C\C/C=C\CCCCCCCCCCCCCCC(=O)NC(COC1OC(CO)C(OC2OC(CO)C(O)C(O)C2O)C(O)C1O)C(O)CCCCCCCCCCCCCCCCCCCCCCCCCCCCCC. The Balaban J connectivity index is 1.63. The van der Waals surface area contributed by atoms with Gasteiger partial charge >= 0.3 is 0 Å². The molecule has 0 radical (unpaired) electrons. The monoisotopic (exact) mass is 1310 g/mol. The molecule has 14 heteroatoms. The van der Waals surface area contributed by atoms with Gasteiger partial charge in [0, 0.05) is 6.42 Å². The van der Waals surface area contributed by atoms with Crippen LogP contribution >= 0.6 is 0 Å². The van der Waals surface area contributed by atoms with Gasteiger partial charge in [-0.2, -0.15) is 0 Å². The van der Waals surface area contributed by atoms with Crippen molar-refractivity contribution < 1.29 is 64.6 Å². The van der Waals surface area contributed by atoms with Crippen LogP contribution < -0.4 is 5.32 Å². The van der Waals surface area contributed by atoms with Crippen LogP contribution in [0.1, 0.15) is 328 Å². The third-order valence-electron chi connectivity index (χ3n) is 18.7. The van der Waals surface area contributed by atoms with Gasteiger partial charge in [-0.1, -0.05) is 331 Å². The average molecular weight is 1320 g/mol. The summed E-state index contributed by atoms with van der Waals surface area (Å²) in [4.78, 5) is 13.4. The minimum absolute atomic E-state index is 0.207. The highest BCUT2D eigenvalue weighted by Crippen LogP contribution is 2.30. The summed E-state index contributed by atoms with van der Waals surface area (Å²) < 4.78 is 23.0. The van der Waals surface area contributed by atoms with Crippen LogP contribution in [0.2, 0.25) is 0 Å². The molecule has 9 N–H and O–H groups in total. The standard InChI is InChI=1S/C79H143NO13/c1-3-5-7-9-11-13-15-17-19-21-23-25-27-29-31-33-34-35-37-39-41-43-45-47-49-51-53-55-57-59-61-63-71(84)80-67(66-90-78-76(89)74(87)77(70(65-82)92-78)93-79-75(88)73(86)72(85)69(64-81)91-79)68(83)62-60-58-56-54-52-50-48-46-44-42-40-38-36-32-30-28-26-24-22-20-18-16-14-12-10-8-6-4-2/h5,7,11,13,17,19,23,25,29,31,34-35,67-70,72-79,81-83,85-89H,3-4,6,8-10,12,14-16,18,20-22,24,26-28,30,32-33,36-66H2,1-2H3,(H,80,84)/b7-5-,13-11-,19-17-,25-23-,31-29-,35-34-. The van der Waals surface area contributed by atoms with Gasteiger partial charge in [0.15, 0.2) is 12.6 Å². The Kier molecular flexibility index (Phi) is 58.5. The van der Waals surface area contributed by atoms with Crippen molar-refractivity contribution in [1.82, 2.24) is 5.32 Å². The Morgan fingerprint density at radius 1 is 0.398 bits per heavy atom. The number of hydrogen-bond acceptors (Lipinski definition) is 13. The molecular formula is C79H143NO13. The number of ether oxygens (including phenoxy) is 4. The molecule has 12 atom stereocenters. The lowest BCUT2D eigenvalue weighted by atomic mass is 9.97. The molecule has 1 amide bonds. The largest absolute Gasteiger partial charge is 0.394 e. The predicted octanol–water partition coefficient (Wildman–Crippen LogP) is 17.0. The highest BCUT2D eigenvalue weighted by molar-refractivity contribution is 5.76. The molecule has 2 fully saturated rings. The molecule has 542 valence electrons. The van der Waals surface area contributed by atoms with Crippen molar-refractivity contribution in [2.45, 2.75) is 402 Å². The fraction of sp³-hybridized carbons (Fsp3) is 0.835. The van der Waals surface area contributed by atoms with Gasteiger partial charge in [0.1, 0.15) is 48.8 Å². The summed E-state index contributed by atoms with van der Waals surface area (Å²) in [5, 5.41) is 87.8. The van der Waals surface area contributed by atoms with Crippen LogP contribution in [0.5, 0.6) is 0 Å². The van der Waals surface area contributed by atoms with Crippen LogP contribution in [0.25, 0.3) is 0 Å². The zero-order chi connectivity index (χ0) is 67.3. The lowest BCUT2D eigenvalue weighted by molar-refractivity contribution is -0.359. The molecule has 2 aliphatic heterocycles. The van der Waals surface area contributed by atoms with Crippen molar-refractivity contribution in [2.24, 2.45) is 0 Å². The van der Waals surface area contributed by atoms with Crippen LogP contribution in [0.15, 0.2) is 72.9 Å². The summed E-state index contributed by atoms with van der Waals surface area (Å²) in [7, 11) is 0. The molecule has 0 aromatic carbocycles. The minimum Gasteiger partial charge on any atom is -0.394 e. The zero-order valence-corrected chi connectivity index (χ0v) is 59.2. The van der Waals surface area contributed by atoms with Gasteiger partial charge < -0.3 is 65.1 Å². The van der Waals surface area contributed by atoms with Gasteiger partial charge in [-0.15, -0.1) is 0 Å². The summed E-state index contributed by atoms with van der Waals surface area (Å²) in [5.41, 5.74) is 0. The van der Waals surface area contributed by atoms with Crippen molar-refractivity contribution >= 4 is 5.91 Å². The van der Waals surface area contributed by atoms with Crippen LogP contribution in [0.3, 0.4) is 0 Å². The molecule has 2 aliphatic rings. The molecular weight excluding hydrogens is 1170 g/mol. The van der Waals surface area contributed by atoms with Crippen molar-refractivity contribution in [3.8, 4) is 0 Å². The summed E-state index contributed by atoms with van der Waals surface area (Å²) in [6, 6.07) is -0.836. The van der Waals surface area contributed by atoms with E-state index in [1.165, 1.54) is 205 Å². The second-order valence-electron chi connectivity index (χ2n) is 27.1. The van der Waals surface area contributed by atoms with Crippen molar-refractivity contribution in [3.63, 3.8) is 0 Å². The maximum atomic E-state index is 13.4. The number of rotatable bonds is 64. The highest BCUT2D eigenvalue weighted by atomic mass is 16.7. The summed E-state index contributed by atoms with van der Waals surface area (Å²) >= 11 is 0. The Bertz CT molecular complexity index is 1840. The Morgan fingerprint density at radius 2 is 0.742 bits per heavy atom. The number of allylic oxidation sites excluding steroid dienone is 12. The second kappa shape index (κ2) is 62.9. The van der Waals surface area contributed by atoms with Crippen molar-refractivity contribution in [3.05, 3.63) is 72.9 Å². The van der Waals surface area contributed by atoms with Gasteiger partial charge in [0.2, 0.25) is 5.91 Å². The first-order valence-electron chi connectivity index (χ1n) is 38.7. The van der Waals surface area contributed by atoms with Gasteiger partial charge in [0.05, 0.1) is 32.0 Å². The summed E-state index contributed by atoms with van der Waals surface area (Å²) in [5.74, 6) is -0.207. The molecule has 2 rings (SSSR count). The van der Waals surface area contributed by atoms with E-state index in [1.54, 1.807) is 0 Å². The maximum absolute atomic E-state index is 13.4. The number of aliphatic hydroxyl groups excluding tert-OH is 8. The van der Waals surface area contributed by atoms with E-state index in [0.29, 0.717) is 12.8 Å². The van der Waals surface area contributed by atoms with Crippen LogP contribution in [-0.2, 0) is 23.7 Å². The highest BCUT2D eigenvalue weighted by Gasteiger charge is 2.51. The van der Waals surface area contributed by atoms with Crippen LogP contribution in [0.4, 0.5) is 0 Å². The molecule has 2 heterocycles. The first-order valence-corrected chi connectivity index (χ1v) is 38.7. The zero-order valence-electron chi connectivity index (χ0n) is 59.2. The lowest BCUT2D eigenvalue weighted by Crippen LogP contribution is -2.65. The molecule has 0 aromatic heterocycles. The third-order valence-corrected chi connectivity index (χ3v) is 18.7. The Labute approximate surface area is 568 Å². The van der Waals surface area contributed by atoms with Gasteiger partial charge in [0.25, 0.3) is 0 Å². The van der Waals surface area contributed by atoms with Gasteiger partial charge in [-0.3, -0.25) is 4.79 Å². The number of nitrogens with one attached hydrogen (secondary N) is 1. The molecule has 12 unspecified atom stereocenters. The lowest BCUT2D eigenvalue weighted by Gasteiger charge is -2.46. The van der Waals surface area contributed by atoms with Crippen molar-refractivity contribution in [1.29, 1.82) is 0 Å². The molecule has 14 nitrogen and oxygen atoms in total. The van der Waals surface area contributed by atoms with Gasteiger partial charge in [-0.25, -0.2) is 0 Å². The number of amides is 1. The fourth-order valence-electron chi connectivity index (χ4n) is 12.6. The van der Waals surface area contributed by atoms with Crippen LogP contribution in [0, 0.1) is 0 Å². The molecule has 0 saturated carbocycles. The number of unbranched alkanes of at least 4 members (excludes halogenated alkanes) is 39. The average Bonchev–Trinajstić information content (AvgIpc) is 0.851. The topological polar surface area (TPSA) is 228 Å². The molecule has 0 aromatic rings.